The molecule has 2 aromatic heterocycles. The van der Waals surface area contributed by atoms with Crippen molar-refractivity contribution in [3.8, 4) is 6.07 Å². The van der Waals surface area contributed by atoms with Crippen LogP contribution in [0.4, 0.5) is 0 Å². The lowest BCUT2D eigenvalue weighted by Gasteiger charge is -2.15. The number of aromatic nitrogens is 2. The third-order valence-electron chi connectivity index (χ3n) is 4.39. The molecule has 0 aromatic carbocycles. The van der Waals surface area contributed by atoms with Gasteiger partial charge >= 0.3 is 0 Å². The van der Waals surface area contributed by atoms with Crippen LogP contribution in [0, 0.1) is 17.2 Å². The molecule has 0 spiro atoms. The SMILES string of the molecule is N#Cc1c[nH]c(C(=O)N[C@@H]2C[C@H](C(=O)NCCc3nccs3)C[C@H]2O)c1.O=CO. The number of thiazole rings is 1. The van der Waals surface area contributed by atoms with Crippen LogP contribution in [0.5, 0.6) is 0 Å². The Kier molecular flexibility index (Phi) is 8.32. The summed E-state index contributed by atoms with van der Waals surface area (Å²) >= 11 is 1.54. The van der Waals surface area contributed by atoms with Crippen LogP contribution >= 0.6 is 11.3 Å². The summed E-state index contributed by atoms with van der Waals surface area (Å²) < 4.78 is 0. The van der Waals surface area contributed by atoms with E-state index in [9.17, 15) is 14.7 Å². The Labute approximate surface area is 170 Å². The monoisotopic (exact) mass is 419 g/mol. The number of amides is 2. The number of H-pyrrole nitrogens is 1. The van der Waals surface area contributed by atoms with Crippen LogP contribution < -0.4 is 10.6 Å². The zero-order valence-corrected chi connectivity index (χ0v) is 16.2. The van der Waals surface area contributed by atoms with Gasteiger partial charge in [-0.25, -0.2) is 4.98 Å². The second kappa shape index (κ2) is 10.9. The Morgan fingerprint density at radius 3 is 2.83 bits per heavy atom. The number of hydrogen-bond acceptors (Lipinski definition) is 7. The van der Waals surface area contributed by atoms with Crippen molar-refractivity contribution in [2.75, 3.05) is 6.54 Å². The number of carbonyl (C=O) groups excluding carboxylic acids is 2. The number of nitrogens with zero attached hydrogens (tertiary/aromatic N) is 2. The number of carbonyl (C=O) groups is 3. The molecule has 29 heavy (non-hydrogen) atoms. The zero-order valence-electron chi connectivity index (χ0n) is 15.4. The molecule has 1 fully saturated rings. The van der Waals surface area contributed by atoms with E-state index in [4.69, 9.17) is 15.2 Å². The number of carboxylic acid groups (broad SMARTS) is 1. The van der Waals surface area contributed by atoms with Crippen molar-refractivity contribution in [2.24, 2.45) is 5.92 Å². The van der Waals surface area contributed by atoms with Crippen molar-refractivity contribution in [1.29, 1.82) is 5.26 Å². The molecule has 1 aliphatic rings. The van der Waals surface area contributed by atoms with Gasteiger partial charge in [0.05, 0.1) is 22.7 Å². The average molecular weight is 419 g/mol. The lowest BCUT2D eigenvalue weighted by molar-refractivity contribution is -0.125. The van der Waals surface area contributed by atoms with Crippen LogP contribution in [-0.4, -0.2) is 57.2 Å². The summed E-state index contributed by atoms with van der Waals surface area (Å²) in [4.78, 5) is 39.7. The molecule has 0 radical (unpaired) electrons. The van der Waals surface area contributed by atoms with Crippen LogP contribution in [0.15, 0.2) is 23.8 Å². The highest BCUT2D eigenvalue weighted by Crippen LogP contribution is 2.26. The molecule has 0 bridgehead atoms. The van der Waals surface area contributed by atoms with Crippen LogP contribution in [0.3, 0.4) is 0 Å². The molecular formula is C18H21N5O5S. The summed E-state index contributed by atoms with van der Waals surface area (Å²) in [5.74, 6) is -0.866. The summed E-state index contributed by atoms with van der Waals surface area (Å²) in [6, 6.07) is 2.89. The predicted octanol–water partition coefficient (Wildman–Crippen LogP) is 0.272. The maximum atomic E-state index is 12.3. The largest absolute Gasteiger partial charge is 0.483 e. The number of nitrogens with one attached hydrogen (secondary N) is 3. The molecule has 11 heteroatoms. The molecule has 0 aliphatic heterocycles. The Bertz CT molecular complexity index is 860. The molecule has 5 N–H and O–H groups in total. The van der Waals surface area contributed by atoms with Crippen molar-refractivity contribution in [1.82, 2.24) is 20.6 Å². The fraction of sp³-hybridized carbons (Fsp3) is 0.389. The van der Waals surface area contributed by atoms with E-state index in [-0.39, 0.29) is 24.0 Å². The van der Waals surface area contributed by atoms with Gasteiger partial charge in [0.15, 0.2) is 0 Å². The van der Waals surface area contributed by atoms with E-state index in [1.165, 1.54) is 12.3 Å². The van der Waals surface area contributed by atoms with E-state index in [0.29, 0.717) is 31.4 Å². The quantitative estimate of drug-likeness (QED) is 0.419. The fourth-order valence-corrected chi connectivity index (χ4v) is 3.65. The van der Waals surface area contributed by atoms with Crippen LogP contribution in [0.25, 0.3) is 0 Å². The molecule has 0 unspecified atom stereocenters. The van der Waals surface area contributed by atoms with Crippen LogP contribution in [0.1, 0.15) is 33.9 Å². The zero-order chi connectivity index (χ0) is 21.2. The van der Waals surface area contributed by atoms with E-state index in [0.717, 1.165) is 5.01 Å². The molecule has 2 amide bonds. The minimum absolute atomic E-state index is 0.121. The standard InChI is InChI=1S/C17H19N5O3S.CH2O2/c18-8-10-5-13(21-9-10)17(25)22-12-6-11(7-14(12)23)16(24)20-2-1-15-19-3-4-26-15;2-1-3/h3-5,9,11-12,14,21,23H,1-2,6-7H2,(H,20,24)(H,22,25);1H,(H,2,3)/t11-,12+,14+;/m0./s1. The van der Waals surface area contributed by atoms with E-state index < -0.39 is 18.1 Å². The molecule has 2 aromatic rings. The normalized spacial score (nSPS) is 20.1. The van der Waals surface area contributed by atoms with Gasteiger partial charge in [-0.3, -0.25) is 14.4 Å². The maximum Gasteiger partial charge on any atom is 0.290 e. The maximum absolute atomic E-state index is 12.3. The second-order valence-electron chi connectivity index (χ2n) is 6.30. The summed E-state index contributed by atoms with van der Waals surface area (Å²) in [5.41, 5.74) is 0.615. The molecule has 0 saturated heterocycles. The van der Waals surface area contributed by atoms with Gasteiger partial charge in [-0.15, -0.1) is 11.3 Å². The van der Waals surface area contributed by atoms with E-state index >= 15 is 0 Å². The molecule has 154 valence electrons. The Hall–Kier alpha value is -3.23. The van der Waals surface area contributed by atoms with E-state index in [1.54, 1.807) is 17.5 Å². The summed E-state index contributed by atoms with van der Waals surface area (Å²) in [6.07, 6.45) is 3.75. The molecule has 1 aliphatic carbocycles. The third-order valence-corrected chi connectivity index (χ3v) is 5.23. The van der Waals surface area contributed by atoms with Gasteiger partial charge in [0.2, 0.25) is 5.91 Å². The Balaban J connectivity index is 0.000000941. The average Bonchev–Trinajstić information content (AvgIpc) is 3.44. The first kappa shape index (κ1) is 22.1. The van der Waals surface area contributed by atoms with Gasteiger partial charge in [0.25, 0.3) is 12.4 Å². The number of rotatable bonds is 6. The fourth-order valence-electron chi connectivity index (χ4n) is 3.03. The molecule has 2 heterocycles. The van der Waals surface area contributed by atoms with E-state index in [1.807, 2.05) is 11.4 Å². The topological polar surface area (TPSA) is 168 Å². The third kappa shape index (κ3) is 6.41. The summed E-state index contributed by atoms with van der Waals surface area (Å²) in [7, 11) is 0. The lowest BCUT2D eigenvalue weighted by atomic mass is 10.1. The van der Waals surface area contributed by atoms with Gasteiger partial charge in [0, 0.05) is 36.7 Å². The van der Waals surface area contributed by atoms with Crippen LogP contribution in [-0.2, 0) is 16.0 Å². The number of aliphatic hydroxyl groups excluding tert-OH is 1. The highest BCUT2D eigenvalue weighted by Gasteiger charge is 2.37. The number of aromatic amines is 1. The molecular weight excluding hydrogens is 398 g/mol. The molecule has 1 saturated carbocycles. The molecule has 3 rings (SSSR count). The number of hydrogen-bond donors (Lipinski definition) is 5. The minimum atomic E-state index is -0.779. The van der Waals surface area contributed by atoms with Gasteiger partial charge in [-0.1, -0.05) is 0 Å². The van der Waals surface area contributed by atoms with Crippen molar-refractivity contribution in [3.63, 3.8) is 0 Å². The minimum Gasteiger partial charge on any atom is -0.483 e. The van der Waals surface area contributed by atoms with E-state index in [2.05, 4.69) is 20.6 Å². The first-order valence-corrected chi connectivity index (χ1v) is 9.67. The Morgan fingerprint density at radius 1 is 1.45 bits per heavy atom. The molecule has 10 nitrogen and oxygen atoms in total. The second-order valence-corrected chi connectivity index (χ2v) is 7.28. The van der Waals surface area contributed by atoms with Gasteiger partial charge < -0.3 is 25.8 Å². The first-order valence-electron chi connectivity index (χ1n) is 8.79. The number of nitriles is 1. The first-order chi connectivity index (χ1) is 14.0. The van der Waals surface area contributed by atoms with Crippen LogP contribution in [0.2, 0.25) is 0 Å². The highest BCUT2D eigenvalue weighted by atomic mass is 32.1. The summed E-state index contributed by atoms with van der Waals surface area (Å²) in [5, 5.41) is 34.3. The van der Waals surface area contributed by atoms with Gasteiger partial charge in [0.1, 0.15) is 11.8 Å². The summed E-state index contributed by atoms with van der Waals surface area (Å²) in [6.45, 7) is 0.245. The van der Waals surface area contributed by atoms with Crippen molar-refractivity contribution in [3.05, 3.63) is 40.1 Å². The predicted molar refractivity (Wildman–Crippen MR) is 103 cm³/mol. The van der Waals surface area contributed by atoms with Crippen molar-refractivity contribution in [2.45, 2.75) is 31.4 Å². The lowest BCUT2D eigenvalue weighted by Crippen LogP contribution is -2.40. The van der Waals surface area contributed by atoms with Crippen molar-refractivity contribution < 1.29 is 24.6 Å². The molecule has 3 atom stereocenters. The van der Waals surface area contributed by atoms with Gasteiger partial charge in [-0.2, -0.15) is 5.26 Å². The van der Waals surface area contributed by atoms with Gasteiger partial charge in [-0.05, 0) is 18.9 Å². The Morgan fingerprint density at radius 2 is 2.21 bits per heavy atom. The smallest absolute Gasteiger partial charge is 0.290 e. The number of aliphatic hydroxyl groups is 1. The van der Waals surface area contributed by atoms with Crippen molar-refractivity contribution >= 4 is 29.6 Å². The highest BCUT2D eigenvalue weighted by molar-refractivity contribution is 7.09.